The SMILES string of the molecule is CCc1nc2ccc(CC3CNCCN3C)cc2[nH]1. The van der Waals surface area contributed by atoms with Crippen molar-refractivity contribution in [2.45, 2.75) is 25.8 Å². The van der Waals surface area contributed by atoms with E-state index in [9.17, 15) is 0 Å². The van der Waals surface area contributed by atoms with Crippen molar-refractivity contribution in [3.05, 3.63) is 29.6 Å². The highest BCUT2D eigenvalue weighted by Gasteiger charge is 2.18. The van der Waals surface area contributed by atoms with Gasteiger partial charge in [-0.2, -0.15) is 0 Å². The summed E-state index contributed by atoms with van der Waals surface area (Å²) in [5.74, 6) is 1.07. The van der Waals surface area contributed by atoms with E-state index in [0.29, 0.717) is 6.04 Å². The summed E-state index contributed by atoms with van der Waals surface area (Å²) in [7, 11) is 2.22. The summed E-state index contributed by atoms with van der Waals surface area (Å²) in [5.41, 5.74) is 3.64. The molecule has 1 aliphatic rings. The summed E-state index contributed by atoms with van der Waals surface area (Å²) in [5, 5.41) is 3.47. The molecule has 2 heterocycles. The Morgan fingerprint density at radius 1 is 1.42 bits per heavy atom. The summed E-state index contributed by atoms with van der Waals surface area (Å²) in [6.45, 7) is 5.45. The van der Waals surface area contributed by atoms with E-state index in [-0.39, 0.29) is 0 Å². The first-order chi connectivity index (χ1) is 9.26. The minimum Gasteiger partial charge on any atom is -0.342 e. The van der Waals surface area contributed by atoms with E-state index >= 15 is 0 Å². The van der Waals surface area contributed by atoms with Crippen LogP contribution in [0.25, 0.3) is 11.0 Å². The maximum Gasteiger partial charge on any atom is 0.106 e. The van der Waals surface area contributed by atoms with Gasteiger partial charge in [0, 0.05) is 32.1 Å². The summed E-state index contributed by atoms with van der Waals surface area (Å²) < 4.78 is 0. The van der Waals surface area contributed by atoms with E-state index in [0.717, 1.165) is 43.8 Å². The van der Waals surface area contributed by atoms with Crippen LogP contribution in [0.2, 0.25) is 0 Å². The van der Waals surface area contributed by atoms with Gasteiger partial charge in [0.05, 0.1) is 11.0 Å². The summed E-state index contributed by atoms with van der Waals surface area (Å²) in [4.78, 5) is 10.4. The zero-order valence-corrected chi connectivity index (χ0v) is 11.7. The normalized spacial score (nSPS) is 21.1. The number of likely N-dealkylation sites (N-methyl/N-ethyl adjacent to an activating group) is 1. The third kappa shape index (κ3) is 2.65. The number of benzene rings is 1. The summed E-state index contributed by atoms with van der Waals surface area (Å²) in [6.07, 6.45) is 2.05. The Kier molecular flexibility index (Phi) is 3.53. The number of hydrogen-bond donors (Lipinski definition) is 2. The molecule has 2 N–H and O–H groups in total. The Bertz CT molecular complexity index is 560. The van der Waals surface area contributed by atoms with Crippen LogP contribution in [0.15, 0.2) is 18.2 Å². The second-order valence-electron chi connectivity index (χ2n) is 5.43. The number of fused-ring (bicyclic) bond motifs is 1. The van der Waals surface area contributed by atoms with Crippen LogP contribution in [-0.4, -0.2) is 47.6 Å². The van der Waals surface area contributed by atoms with Gasteiger partial charge in [-0.15, -0.1) is 0 Å². The number of H-pyrrole nitrogens is 1. The average Bonchev–Trinajstić information content (AvgIpc) is 2.83. The molecule has 1 fully saturated rings. The van der Waals surface area contributed by atoms with Gasteiger partial charge in [0.15, 0.2) is 0 Å². The van der Waals surface area contributed by atoms with Crippen molar-refractivity contribution in [1.82, 2.24) is 20.2 Å². The molecule has 0 spiro atoms. The second-order valence-corrected chi connectivity index (χ2v) is 5.43. The minimum absolute atomic E-state index is 0.597. The van der Waals surface area contributed by atoms with Gasteiger partial charge >= 0.3 is 0 Å². The number of hydrogen-bond acceptors (Lipinski definition) is 3. The maximum absolute atomic E-state index is 4.56. The number of rotatable bonds is 3. The molecular weight excluding hydrogens is 236 g/mol. The number of aromatic nitrogens is 2. The lowest BCUT2D eigenvalue weighted by atomic mass is 10.0. The molecule has 1 aromatic carbocycles. The van der Waals surface area contributed by atoms with Crippen LogP contribution in [-0.2, 0) is 12.8 Å². The monoisotopic (exact) mass is 258 g/mol. The molecule has 4 nitrogen and oxygen atoms in total. The number of aryl methyl sites for hydroxylation is 1. The number of piperazine rings is 1. The molecule has 0 aliphatic carbocycles. The van der Waals surface area contributed by atoms with Gasteiger partial charge in [-0.05, 0) is 31.2 Å². The molecule has 0 amide bonds. The van der Waals surface area contributed by atoms with Crippen molar-refractivity contribution >= 4 is 11.0 Å². The highest BCUT2D eigenvalue weighted by molar-refractivity contribution is 5.75. The van der Waals surface area contributed by atoms with Crippen LogP contribution in [0.1, 0.15) is 18.3 Å². The minimum atomic E-state index is 0.597. The van der Waals surface area contributed by atoms with Gasteiger partial charge in [0.25, 0.3) is 0 Å². The fourth-order valence-corrected chi connectivity index (χ4v) is 2.77. The molecule has 4 heteroatoms. The fourth-order valence-electron chi connectivity index (χ4n) is 2.77. The molecule has 1 aliphatic heterocycles. The molecule has 102 valence electrons. The first kappa shape index (κ1) is 12.6. The number of imidazole rings is 1. The van der Waals surface area contributed by atoms with Crippen molar-refractivity contribution in [2.24, 2.45) is 0 Å². The predicted octanol–water partition coefficient (Wildman–Crippen LogP) is 1.57. The van der Waals surface area contributed by atoms with Gasteiger partial charge in [-0.3, -0.25) is 0 Å². The van der Waals surface area contributed by atoms with Crippen LogP contribution in [0, 0.1) is 0 Å². The van der Waals surface area contributed by atoms with Crippen LogP contribution in [0.3, 0.4) is 0 Å². The molecule has 1 atom stereocenters. The predicted molar refractivity (Wildman–Crippen MR) is 78.5 cm³/mol. The van der Waals surface area contributed by atoms with Crippen molar-refractivity contribution in [3.63, 3.8) is 0 Å². The molecule has 1 aromatic heterocycles. The van der Waals surface area contributed by atoms with E-state index < -0.39 is 0 Å². The number of nitrogens with one attached hydrogen (secondary N) is 2. The van der Waals surface area contributed by atoms with Crippen molar-refractivity contribution < 1.29 is 0 Å². The topological polar surface area (TPSA) is 44.0 Å². The summed E-state index contributed by atoms with van der Waals surface area (Å²) in [6, 6.07) is 7.20. The Balaban J connectivity index is 1.80. The Morgan fingerprint density at radius 3 is 3.11 bits per heavy atom. The third-order valence-electron chi connectivity index (χ3n) is 4.05. The number of nitrogens with zero attached hydrogens (tertiary/aromatic N) is 2. The zero-order valence-electron chi connectivity index (χ0n) is 11.7. The summed E-state index contributed by atoms with van der Waals surface area (Å²) >= 11 is 0. The largest absolute Gasteiger partial charge is 0.342 e. The third-order valence-corrected chi connectivity index (χ3v) is 4.05. The van der Waals surface area contributed by atoms with Crippen LogP contribution < -0.4 is 5.32 Å². The molecule has 1 unspecified atom stereocenters. The maximum atomic E-state index is 4.56. The quantitative estimate of drug-likeness (QED) is 0.878. The molecule has 19 heavy (non-hydrogen) atoms. The average molecular weight is 258 g/mol. The standard InChI is InChI=1S/C15H22N4/c1-3-15-17-13-5-4-11(9-14(13)18-15)8-12-10-16-6-7-19(12)2/h4-5,9,12,16H,3,6-8,10H2,1-2H3,(H,17,18). The molecule has 0 saturated carbocycles. The smallest absolute Gasteiger partial charge is 0.106 e. The van der Waals surface area contributed by atoms with Crippen LogP contribution in [0.5, 0.6) is 0 Å². The first-order valence-corrected chi connectivity index (χ1v) is 7.14. The van der Waals surface area contributed by atoms with E-state index in [4.69, 9.17) is 0 Å². The zero-order chi connectivity index (χ0) is 13.2. The van der Waals surface area contributed by atoms with Gasteiger partial charge in [-0.25, -0.2) is 4.98 Å². The lowest BCUT2D eigenvalue weighted by Crippen LogP contribution is -2.50. The van der Waals surface area contributed by atoms with E-state index in [1.165, 1.54) is 11.1 Å². The second kappa shape index (κ2) is 5.31. The first-order valence-electron chi connectivity index (χ1n) is 7.14. The lowest BCUT2D eigenvalue weighted by Gasteiger charge is -2.33. The van der Waals surface area contributed by atoms with Gasteiger partial charge in [-0.1, -0.05) is 13.0 Å². The van der Waals surface area contributed by atoms with Crippen LogP contribution in [0.4, 0.5) is 0 Å². The van der Waals surface area contributed by atoms with E-state index in [1.807, 2.05) is 0 Å². The Morgan fingerprint density at radius 2 is 2.32 bits per heavy atom. The highest BCUT2D eigenvalue weighted by Crippen LogP contribution is 2.17. The van der Waals surface area contributed by atoms with Crippen molar-refractivity contribution in [1.29, 1.82) is 0 Å². The highest BCUT2D eigenvalue weighted by atomic mass is 15.2. The van der Waals surface area contributed by atoms with E-state index in [1.54, 1.807) is 0 Å². The number of aromatic amines is 1. The Hall–Kier alpha value is -1.39. The van der Waals surface area contributed by atoms with Crippen LogP contribution >= 0.6 is 0 Å². The lowest BCUT2D eigenvalue weighted by molar-refractivity contribution is 0.199. The van der Waals surface area contributed by atoms with Gasteiger partial charge < -0.3 is 15.2 Å². The molecule has 0 bridgehead atoms. The molecule has 2 aromatic rings. The van der Waals surface area contributed by atoms with E-state index in [2.05, 4.69) is 52.4 Å². The molecule has 3 rings (SSSR count). The van der Waals surface area contributed by atoms with Gasteiger partial charge in [0.2, 0.25) is 0 Å². The molecule has 1 saturated heterocycles. The molecular formula is C15H22N4. The molecule has 0 radical (unpaired) electrons. The van der Waals surface area contributed by atoms with Crippen molar-refractivity contribution in [2.75, 3.05) is 26.7 Å². The van der Waals surface area contributed by atoms with Gasteiger partial charge in [0.1, 0.15) is 5.82 Å². The van der Waals surface area contributed by atoms with Crippen molar-refractivity contribution in [3.8, 4) is 0 Å². The Labute approximate surface area is 114 Å². The fraction of sp³-hybridized carbons (Fsp3) is 0.533.